The maximum absolute atomic E-state index is 9.06. The average Bonchev–Trinajstić information content (AvgIpc) is 2.14. The fraction of sp³-hybridized carbons (Fsp3) is 1.00. The lowest BCUT2D eigenvalue weighted by Crippen LogP contribution is -2.55. The van der Waals surface area contributed by atoms with Crippen LogP contribution in [0.5, 0.6) is 0 Å². The number of morpholine rings is 1. The Labute approximate surface area is 105 Å². The first-order valence-corrected chi connectivity index (χ1v) is 6.71. The Kier molecular flexibility index (Phi) is 5.86. The van der Waals surface area contributed by atoms with Crippen molar-refractivity contribution < 1.29 is 9.84 Å². The van der Waals surface area contributed by atoms with Gasteiger partial charge in [0.15, 0.2) is 0 Å². The summed E-state index contributed by atoms with van der Waals surface area (Å²) in [5.41, 5.74) is -0.0619. The first-order valence-electron chi connectivity index (χ1n) is 6.71. The van der Waals surface area contributed by atoms with E-state index < -0.39 is 0 Å². The zero-order chi connectivity index (χ0) is 12.9. The summed E-state index contributed by atoms with van der Waals surface area (Å²) in [6, 6.07) is 0.381. The molecule has 1 rings (SSSR count). The Balaban J connectivity index is 2.47. The molecule has 2 atom stereocenters. The summed E-state index contributed by atoms with van der Waals surface area (Å²) in [6.07, 6.45) is 1.11. The monoisotopic (exact) mass is 244 g/mol. The quantitative estimate of drug-likeness (QED) is 0.727. The molecule has 4 nitrogen and oxygen atoms in total. The van der Waals surface area contributed by atoms with E-state index in [2.05, 4.69) is 37.9 Å². The number of hydrogen-bond acceptors (Lipinski definition) is 4. The van der Waals surface area contributed by atoms with Crippen molar-refractivity contribution in [3.63, 3.8) is 0 Å². The van der Waals surface area contributed by atoms with Gasteiger partial charge in [-0.1, -0.05) is 6.92 Å². The summed E-state index contributed by atoms with van der Waals surface area (Å²) in [7, 11) is 0. The topological polar surface area (TPSA) is 44.7 Å². The van der Waals surface area contributed by atoms with Gasteiger partial charge in [-0.25, -0.2) is 0 Å². The van der Waals surface area contributed by atoms with E-state index >= 15 is 0 Å². The van der Waals surface area contributed by atoms with Crippen LogP contribution in [0, 0.1) is 0 Å². The lowest BCUT2D eigenvalue weighted by atomic mass is 10.0. The van der Waals surface area contributed by atoms with Crippen molar-refractivity contribution in [1.82, 2.24) is 10.2 Å². The van der Waals surface area contributed by atoms with Crippen LogP contribution < -0.4 is 5.32 Å². The molecule has 0 aromatic carbocycles. The molecule has 0 aromatic heterocycles. The molecule has 2 N–H and O–H groups in total. The number of aliphatic hydroxyl groups is 1. The smallest absolute Gasteiger partial charge is 0.0757 e. The molecule has 4 heteroatoms. The molecule has 1 heterocycles. The summed E-state index contributed by atoms with van der Waals surface area (Å²) >= 11 is 0. The van der Waals surface area contributed by atoms with Gasteiger partial charge in [0.2, 0.25) is 0 Å². The van der Waals surface area contributed by atoms with Crippen LogP contribution in [0.1, 0.15) is 34.1 Å². The van der Waals surface area contributed by atoms with Gasteiger partial charge in [-0.2, -0.15) is 0 Å². The van der Waals surface area contributed by atoms with Gasteiger partial charge in [-0.15, -0.1) is 0 Å². The van der Waals surface area contributed by atoms with Crippen molar-refractivity contribution in [3.05, 3.63) is 0 Å². The maximum atomic E-state index is 9.06. The van der Waals surface area contributed by atoms with Gasteiger partial charge in [0.05, 0.1) is 11.7 Å². The fourth-order valence-electron chi connectivity index (χ4n) is 2.74. The van der Waals surface area contributed by atoms with Crippen LogP contribution in [-0.4, -0.2) is 60.5 Å². The van der Waals surface area contributed by atoms with E-state index in [9.17, 15) is 0 Å². The normalized spacial score (nSPS) is 27.0. The van der Waals surface area contributed by atoms with Gasteiger partial charge in [0.25, 0.3) is 0 Å². The molecular weight excluding hydrogens is 216 g/mol. The van der Waals surface area contributed by atoms with E-state index in [-0.39, 0.29) is 18.3 Å². The van der Waals surface area contributed by atoms with Crippen molar-refractivity contribution in [3.8, 4) is 0 Å². The number of rotatable bonds is 6. The van der Waals surface area contributed by atoms with Gasteiger partial charge in [0, 0.05) is 32.3 Å². The first-order chi connectivity index (χ1) is 7.96. The molecule has 0 spiro atoms. The molecule has 17 heavy (non-hydrogen) atoms. The predicted octanol–water partition coefficient (Wildman–Crippen LogP) is 0.846. The fourth-order valence-corrected chi connectivity index (χ4v) is 2.74. The summed E-state index contributed by atoms with van der Waals surface area (Å²) in [5.74, 6) is 0. The molecule has 1 saturated heterocycles. The van der Waals surface area contributed by atoms with Gasteiger partial charge < -0.3 is 15.2 Å². The summed E-state index contributed by atoms with van der Waals surface area (Å²) < 4.78 is 5.89. The molecule has 0 aromatic rings. The standard InChI is InChI=1S/C13H28N2O2/c1-5-14-12(6-7-16)9-15-8-11(2)17-13(3,4)10-15/h11-12,14,16H,5-10H2,1-4H3. The zero-order valence-corrected chi connectivity index (χ0v) is 11.7. The highest BCUT2D eigenvalue weighted by Crippen LogP contribution is 2.20. The number of nitrogens with zero attached hydrogens (tertiary/aromatic N) is 1. The molecule has 0 aliphatic carbocycles. The molecule has 0 radical (unpaired) electrons. The van der Waals surface area contributed by atoms with Crippen molar-refractivity contribution >= 4 is 0 Å². The van der Waals surface area contributed by atoms with E-state index in [1.807, 2.05) is 0 Å². The second kappa shape index (κ2) is 6.69. The highest BCUT2D eigenvalue weighted by Gasteiger charge is 2.31. The van der Waals surface area contributed by atoms with Gasteiger partial charge in [-0.05, 0) is 33.7 Å². The minimum absolute atomic E-state index is 0.0619. The second-order valence-electron chi connectivity index (χ2n) is 5.65. The third kappa shape index (κ3) is 5.34. The van der Waals surface area contributed by atoms with Gasteiger partial charge in [-0.3, -0.25) is 4.90 Å². The van der Waals surface area contributed by atoms with Gasteiger partial charge >= 0.3 is 0 Å². The molecule has 0 amide bonds. The van der Waals surface area contributed by atoms with Crippen LogP contribution in [0.2, 0.25) is 0 Å². The van der Waals surface area contributed by atoms with E-state index in [1.54, 1.807) is 0 Å². The van der Waals surface area contributed by atoms with E-state index in [0.717, 1.165) is 32.6 Å². The zero-order valence-electron chi connectivity index (χ0n) is 11.7. The van der Waals surface area contributed by atoms with Crippen LogP contribution in [-0.2, 0) is 4.74 Å². The summed E-state index contributed by atoms with van der Waals surface area (Å²) in [5, 5.41) is 12.5. The minimum atomic E-state index is -0.0619. The Bertz CT molecular complexity index is 215. The highest BCUT2D eigenvalue weighted by molar-refractivity contribution is 4.84. The Morgan fingerprint density at radius 1 is 1.53 bits per heavy atom. The van der Waals surface area contributed by atoms with Crippen molar-refractivity contribution in [2.24, 2.45) is 0 Å². The number of likely N-dealkylation sites (N-methyl/N-ethyl adjacent to an activating group) is 1. The SMILES string of the molecule is CCNC(CCO)CN1CC(C)OC(C)(C)C1. The number of ether oxygens (including phenoxy) is 1. The largest absolute Gasteiger partial charge is 0.396 e. The number of nitrogens with one attached hydrogen (secondary N) is 1. The third-order valence-electron chi connectivity index (χ3n) is 3.09. The molecule has 1 aliphatic rings. The molecule has 1 fully saturated rings. The summed E-state index contributed by atoms with van der Waals surface area (Å²) in [6.45, 7) is 12.7. The van der Waals surface area contributed by atoms with Crippen LogP contribution in [0.25, 0.3) is 0 Å². The molecule has 2 unspecified atom stereocenters. The lowest BCUT2D eigenvalue weighted by molar-refractivity contribution is -0.130. The highest BCUT2D eigenvalue weighted by atomic mass is 16.5. The average molecular weight is 244 g/mol. The number of aliphatic hydroxyl groups excluding tert-OH is 1. The minimum Gasteiger partial charge on any atom is -0.396 e. The van der Waals surface area contributed by atoms with Crippen molar-refractivity contribution in [2.75, 3.05) is 32.8 Å². The molecule has 0 bridgehead atoms. The molecule has 1 aliphatic heterocycles. The lowest BCUT2D eigenvalue weighted by Gasteiger charge is -2.43. The van der Waals surface area contributed by atoms with Crippen LogP contribution >= 0.6 is 0 Å². The summed E-state index contributed by atoms with van der Waals surface area (Å²) in [4.78, 5) is 2.44. The molecular formula is C13H28N2O2. The van der Waals surface area contributed by atoms with E-state index in [0.29, 0.717) is 6.04 Å². The first kappa shape index (κ1) is 14.9. The Morgan fingerprint density at radius 3 is 2.76 bits per heavy atom. The number of hydrogen-bond donors (Lipinski definition) is 2. The second-order valence-corrected chi connectivity index (χ2v) is 5.65. The van der Waals surface area contributed by atoms with Crippen molar-refractivity contribution in [2.45, 2.75) is 51.9 Å². The van der Waals surface area contributed by atoms with Gasteiger partial charge in [0.1, 0.15) is 0 Å². The van der Waals surface area contributed by atoms with Crippen molar-refractivity contribution in [1.29, 1.82) is 0 Å². The molecule has 0 saturated carbocycles. The van der Waals surface area contributed by atoms with E-state index in [4.69, 9.17) is 9.84 Å². The van der Waals surface area contributed by atoms with Crippen LogP contribution in [0.15, 0.2) is 0 Å². The molecule has 102 valence electrons. The Hall–Kier alpha value is -0.160. The van der Waals surface area contributed by atoms with Crippen LogP contribution in [0.3, 0.4) is 0 Å². The Morgan fingerprint density at radius 2 is 2.24 bits per heavy atom. The van der Waals surface area contributed by atoms with Crippen LogP contribution in [0.4, 0.5) is 0 Å². The predicted molar refractivity (Wildman–Crippen MR) is 70.2 cm³/mol. The van der Waals surface area contributed by atoms with E-state index in [1.165, 1.54) is 0 Å². The maximum Gasteiger partial charge on any atom is 0.0757 e. The third-order valence-corrected chi connectivity index (χ3v) is 3.09.